The fourth-order valence-corrected chi connectivity index (χ4v) is 3.76. The first-order chi connectivity index (χ1) is 14.2. The van der Waals surface area contributed by atoms with E-state index in [9.17, 15) is 4.79 Å². The minimum Gasteiger partial charge on any atom is -0.302 e. The molecule has 3 aromatic heterocycles. The van der Waals surface area contributed by atoms with Gasteiger partial charge in [0, 0.05) is 37.6 Å². The summed E-state index contributed by atoms with van der Waals surface area (Å²) in [6, 6.07) is 16.2. The van der Waals surface area contributed by atoms with E-state index in [1.165, 1.54) is 5.56 Å². The molecule has 0 atom stereocenters. The quantitative estimate of drug-likeness (QED) is 0.539. The monoisotopic (exact) mass is 380 g/mol. The first kappa shape index (κ1) is 17.4. The number of rotatable bonds is 4. The molecule has 5 rings (SSSR count). The number of hydrogen-bond donors (Lipinski definition) is 0. The molecule has 1 aliphatic rings. The van der Waals surface area contributed by atoms with Crippen molar-refractivity contribution in [3.63, 3.8) is 0 Å². The van der Waals surface area contributed by atoms with Crippen LogP contribution in [0, 0.1) is 0 Å². The van der Waals surface area contributed by atoms with Crippen LogP contribution in [-0.4, -0.2) is 19.1 Å². The molecule has 5 heteroatoms. The highest BCUT2D eigenvalue weighted by atomic mass is 16.1. The van der Waals surface area contributed by atoms with Crippen LogP contribution < -0.4 is 5.69 Å². The molecule has 0 aliphatic heterocycles. The van der Waals surface area contributed by atoms with Gasteiger partial charge in [-0.15, -0.1) is 0 Å². The number of hydrogen-bond acceptors (Lipinski definition) is 3. The summed E-state index contributed by atoms with van der Waals surface area (Å²) in [6.07, 6.45) is 10.7. The first-order valence-corrected chi connectivity index (χ1v) is 9.61. The molecular formula is C24H20N4O. The van der Waals surface area contributed by atoms with E-state index in [2.05, 4.69) is 28.2 Å². The predicted molar refractivity (Wildman–Crippen MR) is 114 cm³/mol. The third kappa shape index (κ3) is 3.21. The average molecular weight is 380 g/mol. The molecule has 0 N–H and O–H groups in total. The first-order valence-electron chi connectivity index (χ1n) is 9.61. The van der Waals surface area contributed by atoms with Gasteiger partial charge in [0.1, 0.15) is 0 Å². The zero-order chi connectivity index (χ0) is 19.8. The Morgan fingerprint density at radius 1 is 1.03 bits per heavy atom. The van der Waals surface area contributed by atoms with Crippen LogP contribution in [0.4, 0.5) is 0 Å². The van der Waals surface area contributed by atoms with Crippen molar-refractivity contribution in [2.75, 3.05) is 0 Å². The van der Waals surface area contributed by atoms with E-state index < -0.39 is 0 Å². The van der Waals surface area contributed by atoms with Crippen LogP contribution in [-0.2, 0) is 20.0 Å². The van der Waals surface area contributed by atoms with Gasteiger partial charge in [-0.25, -0.2) is 4.79 Å². The summed E-state index contributed by atoms with van der Waals surface area (Å²) >= 11 is 0. The van der Waals surface area contributed by atoms with Crippen LogP contribution in [0.2, 0.25) is 0 Å². The van der Waals surface area contributed by atoms with Crippen LogP contribution in [0.3, 0.4) is 0 Å². The maximum Gasteiger partial charge on any atom is 0.328 e. The topological polar surface area (TPSA) is 52.7 Å². The summed E-state index contributed by atoms with van der Waals surface area (Å²) < 4.78 is 3.37. The number of aromatic nitrogens is 4. The van der Waals surface area contributed by atoms with E-state index in [1.807, 2.05) is 54.9 Å². The van der Waals surface area contributed by atoms with Gasteiger partial charge < -0.3 is 4.57 Å². The molecule has 0 spiro atoms. The highest BCUT2D eigenvalue weighted by Crippen LogP contribution is 2.27. The lowest BCUT2D eigenvalue weighted by molar-refractivity contribution is 0.721. The van der Waals surface area contributed by atoms with Gasteiger partial charge >= 0.3 is 5.69 Å². The second kappa shape index (κ2) is 7.02. The molecule has 4 aromatic rings. The Bertz CT molecular complexity index is 1280. The summed E-state index contributed by atoms with van der Waals surface area (Å²) in [5, 5.41) is 0. The number of fused-ring (bicyclic) bond motifs is 1. The lowest BCUT2D eigenvalue weighted by Crippen LogP contribution is -2.23. The maximum absolute atomic E-state index is 12.7. The molecule has 0 saturated carbocycles. The van der Waals surface area contributed by atoms with Crippen LogP contribution in [0.15, 0.2) is 78.0 Å². The summed E-state index contributed by atoms with van der Waals surface area (Å²) in [7, 11) is 1.77. The van der Waals surface area contributed by atoms with E-state index in [0.29, 0.717) is 6.54 Å². The van der Waals surface area contributed by atoms with Gasteiger partial charge in [0.25, 0.3) is 0 Å². The van der Waals surface area contributed by atoms with Gasteiger partial charge in [0.2, 0.25) is 0 Å². The second-order valence-electron chi connectivity index (χ2n) is 7.28. The summed E-state index contributed by atoms with van der Waals surface area (Å²) in [6.45, 7) is 0.507. The molecule has 0 fully saturated rings. The van der Waals surface area contributed by atoms with E-state index in [0.717, 1.165) is 40.2 Å². The zero-order valence-corrected chi connectivity index (χ0v) is 16.1. The number of benzene rings is 1. The average Bonchev–Trinajstić information content (AvgIpc) is 3.34. The Kier molecular flexibility index (Phi) is 4.21. The maximum atomic E-state index is 12.7. The molecule has 142 valence electrons. The van der Waals surface area contributed by atoms with Crippen molar-refractivity contribution in [2.24, 2.45) is 7.05 Å². The van der Waals surface area contributed by atoms with Gasteiger partial charge in [-0.3, -0.25) is 14.5 Å². The number of allylic oxidation sites excluding steroid dienone is 1. The highest BCUT2D eigenvalue weighted by molar-refractivity contribution is 5.72. The predicted octanol–water partition coefficient (Wildman–Crippen LogP) is 3.93. The Balaban J connectivity index is 1.57. The van der Waals surface area contributed by atoms with Gasteiger partial charge in [-0.2, -0.15) is 0 Å². The van der Waals surface area contributed by atoms with Crippen molar-refractivity contribution in [3.05, 3.63) is 101 Å². The summed E-state index contributed by atoms with van der Waals surface area (Å²) in [5.74, 6) is 0. The normalized spacial score (nSPS) is 12.3. The number of imidazole rings is 1. The summed E-state index contributed by atoms with van der Waals surface area (Å²) in [4.78, 5) is 21.9. The Labute approximate surface area is 168 Å². The van der Waals surface area contributed by atoms with Crippen molar-refractivity contribution in [1.82, 2.24) is 19.1 Å². The van der Waals surface area contributed by atoms with Crippen molar-refractivity contribution < 1.29 is 0 Å². The SMILES string of the molecule is Cn1cc(-c2cc(-c3cnc4c(c3)C=CC4)ccn2)n(Cc2ccccc2)c1=O. The summed E-state index contributed by atoms with van der Waals surface area (Å²) in [5.41, 5.74) is 6.96. The van der Waals surface area contributed by atoms with Crippen LogP contribution in [0.25, 0.3) is 28.6 Å². The largest absolute Gasteiger partial charge is 0.328 e. The molecule has 29 heavy (non-hydrogen) atoms. The van der Waals surface area contributed by atoms with Crippen molar-refractivity contribution >= 4 is 6.08 Å². The van der Waals surface area contributed by atoms with Crippen LogP contribution in [0.1, 0.15) is 16.8 Å². The zero-order valence-electron chi connectivity index (χ0n) is 16.1. The molecule has 0 bridgehead atoms. The fraction of sp³-hybridized carbons (Fsp3) is 0.125. The second-order valence-corrected chi connectivity index (χ2v) is 7.28. The van der Waals surface area contributed by atoms with Crippen molar-refractivity contribution in [3.8, 4) is 22.5 Å². The Morgan fingerprint density at radius 2 is 1.90 bits per heavy atom. The number of pyridine rings is 2. The Morgan fingerprint density at radius 3 is 2.76 bits per heavy atom. The Hall–Kier alpha value is -3.73. The molecule has 0 saturated heterocycles. The van der Waals surface area contributed by atoms with Crippen LogP contribution in [0.5, 0.6) is 0 Å². The fourth-order valence-electron chi connectivity index (χ4n) is 3.76. The molecule has 3 heterocycles. The number of nitrogens with zero attached hydrogens (tertiary/aromatic N) is 4. The standard InChI is InChI=1S/C24H20N4O/c1-27-16-23(28(24(27)29)15-17-6-3-2-4-7-17)22-13-18(10-11-25-22)20-12-19-8-5-9-21(19)26-14-20/h2-8,10-14,16H,9,15H2,1H3. The molecule has 0 unspecified atom stereocenters. The molecular weight excluding hydrogens is 360 g/mol. The molecule has 0 amide bonds. The lowest BCUT2D eigenvalue weighted by atomic mass is 10.0. The van der Waals surface area contributed by atoms with Gasteiger partial charge in [-0.1, -0.05) is 42.5 Å². The third-order valence-corrected chi connectivity index (χ3v) is 5.29. The third-order valence-electron chi connectivity index (χ3n) is 5.29. The van der Waals surface area contributed by atoms with E-state index >= 15 is 0 Å². The molecule has 5 nitrogen and oxygen atoms in total. The van der Waals surface area contributed by atoms with Crippen molar-refractivity contribution in [2.45, 2.75) is 13.0 Å². The van der Waals surface area contributed by atoms with Gasteiger partial charge in [0.15, 0.2) is 0 Å². The minimum atomic E-state index is -0.0552. The minimum absolute atomic E-state index is 0.0552. The van der Waals surface area contributed by atoms with E-state index in [1.54, 1.807) is 22.4 Å². The smallest absolute Gasteiger partial charge is 0.302 e. The van der Waals surface area contributed by atoms with Gasteiger partial charge in [0.05, 0.1) is 23.6 Å². The van der Waals surface area contributed by atoms with Gasteiger partial charge in [-0.05, 0) is 34.9 Å². The molecule has 0 radical (unpaired) electrons. The molecule has 1 aromatic carbocycles. The van der Waals surface area contributed by atoms with E-state index in [-0.39, 0.29) is 5.69 Å². The number of aryl methyl sites for hydroxylation is 1. The highest BCUT2D eigenvalue weighted by Gasteiger charge is 2.14. The molecule has 1 aliphatic carbocycles. The van der Waals surface area contributed by atoms with E-state index in [4.69, 9.17) is 0 Å². The van der Waals surface area contributed by atoms with Crippen LogP contribution >= 0.6 is 0 Å². The van der Waals surface area contributed by atoms with Crippen molar-refractivity contribution in [1.29, 1.82) is 0 Å². The lowest BCUT2D eigenvalue weighted by Gasteiger charge is -2.09.